The summed E-state index contributed by atoms with van der Waals surface area (Å²) < 4.78 is 88.1. The van der Waals surface area contributed by atoms with Crippen molar-refractivity contribution in [3.8, 4) is 0 Å². The number of aliphatic hydroxyl groups is 1. The van der Waals surface area contributed by atoms with Crippen LogP contribution in [-0.2, 0) is 6.42 Å². The molecule has 0 aliphatic heterocycles. The highest BCUT2D eigenvalue weighted by Gasteiger charge is 2.72. The van der Waals surface area contributed by atoms with E-state index in [1.807, 2.05) is 0 Å². The average molecular weight is 318 g/mol. The summed E-state index contributed by atoms with van der Waals surface area (Å²) in [6.07, 6.45) is -10.2. The number of aryl methyl sites for hydroxylation is 1. The van der Waals surface area contributed by atoms with Crippen molar-refractivity contribution < 1.29 is 35.8 Å². The predicted octanol–water partition coefficient (Wildman–Crippen LogP) is 4.51. The molecule has 0 saturated carbocycles. The summed E-state index contributed by atoms with van der Waals surface area (Å²) in [6, 6.07) is 5.60. The van der Waals surface area contributed by atoms with Crippen molar-refractivity contribution in [3.63, 3.8) is 0 Å². The zero-order chi connectivity index (χ0) is 16.5. The highest BCUT2D eigenvalue weighted by atomic mass is 19.4. The Kier molecular flexibility index (Phi) is 4.92. The zero-order valence-electron chi connectivity index (χ0n) is 10.9. The molecular formula is C13H13F7O. The number of aliphatic hydroxyl groups excluding tert-OH is 1. The van der Waals surface area contributed by atoms with E-state index in [2.05, 4.69) is 0 Å². The molecule has 0 saturated heterocycles. The number of rotatable bonds is 5. The van der Waals surface area contributed by atoms with Gasteiger partial charge >= 0.3 is 18.0 Å². The number of halogens is 7. The molecule has 0 aliphatic rings. The van der Waals surface area contributed by atoms with E-state index in [-0.39, 0.29) is 5.56 Å². The first-order valence-corrected chi connectivity index (χ1v) is 6.02. The monoisotopic (exact) mass is 318 g/mol. The van der Waals surface area contributed by atoms with Gasteiger partial charge in [-0.15, -0.1) is 0 Å². The Hall–Kier alpha value is -1.31. The first-order chi connectivity index (χ1) is 9.44. The molecule has 1 nitrogen and oxygen atoms in total. The normalized spacial score (nSPS) is 15.1. The maximum atomic E-state index is 13.2. The summed E-state index contributed by atoms with van der Waals surface area (Å²) in [6.45, 7) is 1.63. The molecule has 8 heteroatoms. The molecular weight excluding hydrogens is 305 g/mol. The third-order valence-corrected chi connectivity index (χ3v) is 3.06. The molecule has 1 atom stereocenters. The molecule has 21 heavy (non-hydrogen) atoms. The third kappa shape index (κ3) is 3.48. The Morgan fingerprint density at radius 2 is 1.52 bits per heavy atom. The number of alkyl halides is 7. The van der Waals surface area contributed by atoms with Crippen LogP contribution >= 0.6 is 0 Å². The summed E-state index contributed by atoms with van der Waals surface area (Å²) in [5.74, 6) is -11.6. The van der Waals surface area contributed by atoms with Crippen molar-refractivity contribution in [2.45, 2.75) is 43.9 Å². The molecule has 1 aromatic carbocycles. The minimum absolute atomic E-state index is 0.0855. The molecule has 0 heterocycles. The Balaban J connectivity index is 3.04. The number of hydrogen-bond donors (Lipinski definition) is 1. The Morgan fingerprint density at radius 1 is 1.00 bits per heavy atom. The van der Waals surface area contributed by atoms with Gasteiger partial charge in [-0.25, -0.2) is 0 Å². The van der Waals surface area contributed by atoms with E-state index in [1.54, 1.807) is 6.92 Å². The molecule has 0 radical (unpaired) electrons. The van der Waals surface area contributed by atoms with E-state index >= 15 is 0 Å². The van der Waals surface area contributed by atoms with Gasteiger partial charge in [0.1, 0.15) is 0 Å². The molecule has 1 unspecified atom stereocenters. The van der Waals surface area contributed by atoms with Crippen molar-refractivity contribution in [1.29, 1.82) is 0 Å². The lowest BCUT2D eigenvalue weighted by molar-refractivity contribution is -0.358. The van der Waals surface area contributed by atoms with E-state index in [9.17, 15) is 35.8 Å². The minimum Gasteiger partial charge on any atom is -0.388 e. The van der Waals surface area contributed by atoms with Crippen LogP contribution in [0.5, 0.6) is 0 Å². The van der Waals surface area contributed by atoms with E-state index < -0.39 is 30.5 Å². The van der Waals surface area contributed by atoms with Crippen LogP contribution in [0.25, 0.3) is 0 Å². The van der Waals surface area contributed by atoms with Crippen LogP contribution in [-0.4, -0.2) is 23.1 Å². The van der Waals surface area contributed by atoms with Crippen LogP contribution < -0.4 is 0 Å². The quantitative estimate of drug-likeness (QED) is 0.792. The van der Waals surface area contributed by atoms with Gasteiger partial charge in [0.05, 0.1) is 6.10 Å². The fraction of sp³-hybridized carbons (Fsp3) is 0.538. The second kappa shape index (κ2) is 5.82. The Morgan fingerprint density at radius 3 is 2.00 bits per heavy atom. The van der Waals surface area contributed by atoms with Gasteiger partial charge in [0.15, 0.2) is 0 Å². The minimum atomic E-state index is -6.39. The van der Waals surface area contributed by atoms with Crippen LogP contribution in [0.4, 0.5) is 30.7 Å². The summed E-state index contributed by atoms with van der Waals surface area (Å²) in [5.41, 5.74) is 0.314. The maximum Gasteiger partial charge on any atom is 0.459 e. The lowest BCUT2D eigenvalue weighted by atomic mass is 9.94. The largest absolute Gasteiger partial charge is 0.459 e. The predicted molar refractivity (Wildman–Crippen MR) is 61.3 cm³/mol. The summed E-state index contributed by atoms with van der Waals surface area (Å²) in [4.78, 5) is 0. The van der Waals surface area contributed by atoms with Crippen molar-refractivity contribution in [2.24, 2.45) is 0 Å². The molecule has 1 aromatic rings. The SMILES string of the molecule is CCc1ccccc1C(O)CC(F)(F)C(F)(F)C(F)(F)F. The van der Waals surface area contributed by atoms with Crippen LogP contribution in [0.1, 0.15) is 30.6 Å². The van der Waals surface area contributed by atoms with Crippen molar-refractivity contribution in [3.05, 3.63) is 35.4 Å². The second-order valence-electron chi connectivity index (χ2n) is 4.55. The van der Waals surface area contributed by atoms with Gasteiger partial charge in [-0.3, -0.25) is 0 Å². The Labute approximate surface area is 116 Å². The van der Waals surface area contributed by atoms with Crippen LogP contribution in [0.3, 0.4) is 0 Å². The number of hydrogen-bond acceptors (Lipinski definition) is 1. The van der Waals surface area contributed by atoms with Gasteiger partial charge < -0.3 is 5.11 Å². The molecule has 0 fully saturated rings. The van der Waals surface area contributed by atoms with Gasteiger partial charge in [-0.2, -0.15) is 30.7 Å². The lowest BCUT2D eigenvalue weighted by Gasteiger charge is -2.30. The Bertz CT molecular complexity index is 482. The smallest absolute Gasteiger partial charge is 0.388 e. The summed E-state index contributed by atoms with van der Waals surface area (Å²) >= 11 is 0. The first-order valence-electron chi connectivity index (χ1n) is 6.02. The maximum absolute atomic E-state index is 13.2. The van der Waals surface area contributed by atoms with Crippen molar-refractivity contribution in [1.82, 2.24) is 0 Å². The fourth-order valence-electron chi connectivity index (χ4n) is 1.87. The third-order valence-electron chi connectivity index (χ3n) is 3.06. The summed E-state index contributed by atoms with van der Waals surface area (Å²) in [7, 11) is 0. The molecule has 1 rings (SSSR count). The molecule has 0 amide bonds. The van der Waals surface area contributed by atoms with Crippen molar-refractivity contribution in [2.75, 3.05) is 0 Å². The standard InChI is InChI=1S/C13H13F7O/c1-2-8-5-3-4-6-9(8)10(21)7-11(14,15)12(16,17)13(18,19)20/h3-6,10,21H,2,7H2,1H3. The van der Waals surface area contributed by atoms with E-state index in [0.717, 1.165) is 0 Å². The highest BCUT2D eigenvalue weighted by Crippen LogP contribution is 2.49. The van der Waals surface area contributed by atoms with E-state index in [0.29, 0.717) is 12.0 Å². The van der Waals surface area contributed by atoms with Gasteiger partial charge in [0.25, 0.3) is 0 Å². The highest BCUT2D eigenvalue weighted by molar-refractivity contribution is 5.29. The zero-order valence-corrected chi connectivity index (χ0v) is 10.9. The second-order valence-corrected chi connectivity index (χ2v) is 4.55. The molecule has 0 aromatic heterocycles. The van der Waals surface area contributed by atoms with Crippen LogP contribution in [0, 0.1) is 0 Å². The van der Waals surface area contributed by atoms with Crippen LogP contribution in [0.15, 0.2) is 24.3 Å². The van der Waals surface area contributed by atoms with E-state index in [1.165, 1.54) is 24.3 Å². The van der Waals surface area contributed by atoms with Gasteiger partial charge in [-0.05, 0) is 17.5 Å². The van der Waals surface area contributed by atoms with E-state index in [4.69, 9.17) is 0 Å². The first kappa shape index (κ1) is 17.7. The average Bonchev–Trinajstić information content (AvgIpc) is 2.36. The molecule has 0 spiro atoms. The van der Waals surface area contributed by atoms with Crippen molar-refractivity contribution >= 4 is 0 Å². The fourth-order valence-corrected chi connectivity index (χ4v) is 1.87. The molecule has 1 N–H and O–H groups in total. The summed E-state index contributed by atoms with van der Waals surface area (Å²) in [5, 5.41) is 9.62. The van der Waals surface area contributed by atoms with Gasteiger partial charge in [0, 0.05) is 6.42 Å². The molecule has 120 valence electrons. The van der Waals surface area contributed by atoms with Gasteiger partial charge in [0.2, 0.25) is 0 Å². The van der Waals surface area contributed by atoms with Gasteiger partial charge in [-0.1, -0.05) is 31.2 Å². The lowest BCUT2D eigenvalue weighted by Crippen LogP contribution is -2.52. The molecule has 0 aliphatic carbocycles. The number of benzene rings is 1. The molecule has 0 bridgehead atoms. The van der Waals surface area contributed by atoms with Crippen LogP contribution in [0.2, 0.25) is 0 Å². The topological polar surface area (TPSA) is 20.2 Å².